The van der Waals surface area contributed by atoms with E-state index in [2.05, 4.69) is 15.5 Å². The molecule has 0 saturated carbocycles. The molecule has 0 aliphatic carbocycles. The van der Waals surface area contributed by atoms with Gasteiger partial charge in [-0.2, -0.15) is 0 Å². The Labute approximate surface area is 217 Å². The second kappa shape index (κ2) is 11.5. The average Bonchev–Trinajstić information content (AvgIpc) is 3.20. The van der Waals surface area contributed by atoms with Crippen LogP contribution in [0.4, 0.5) is 17.1 Å². The molecule has 2 N–H and O–H groups in total. The summed E-state index contributed by atoms with van der Waals surface area (Å²) in [5.74, 6) is 0.724. The maximum absolute atomic E-state index is 12.7. The van der Waals surface area contributed by atoms with E-state index in [0.717, 1.165) is 49.9 Å². The number of piperidine rings is 1. The smallest absolute Gasteiger partial charge is 0.256 e. The number of carbonyl (C=O) groups is 3. The van der Waals surface area contributed by atoms with Gasteiger partial charge in [-0.1, -0.05) is 6.42 Å². The zero-order chi connectivity index (χ0) is 26.5. The molecule has 2 atom stereocenters. The van der Waals surface area contributed by atoms with Crippen molar-refractivity contribution in [3.63, 3.8) is 0 Å². The summed E-state index contributed by atoms with van der Waals surface area (Å²) in [5.41, 5.74) is 3.46. The molecule has 9 heteroatoms. The van der Waals surface area contributed by atoms with Crippen LogP contribution < -0.4 is 25.0 Å². The summed E-state index contributed by atoms with van der Waals surface area (Å²) < 4.78 is 10.7. The van der Waals surface area contributed by atoms with Crippen molar-refractivity contribution >= 4 is 40.7 Å². The predicted octanol–water partition coefficient (Wildman–Crippen LogP) is 3.90. The molecule has 0 spiro atoms. The van der Waals surface area contributed by atoms with Gasteiger partial charge in [-0.3, -0.25) is 24.2 Å². The van der Waals surface area contributed by atoms with Gasteiger partial charge in [-0.25, -0.2) is 0 Å². The van der Waals surface area contributed by atoms with E-state index < -0.39 is 6.17 Å². The minimum absolute atomic E-state index is 0.175. The third-order valence-electron chi connectivity index (χ3n) is 6.75. The number of fused-ring (bicyclic) bond motifs is 1. The monoisotopic (exact) mass is 506 g/mol. The van der Waals surface area contributed by atoms with E-state index in [1.165, 1.54) is 6.92 Å². The molecule has 0 aromatic heterocycles. The van der Waals surface area contributed by atoms with Crippen LogP contribution >= 0.6 is 0 Å². The summed E-state index contributed by atoms with van der Waals surface area (Å²) in [6, 6.07) is 10.8. The molecule has 2 aliphatic rings. The van der Waals surface area contributed by atoms with Gasteiger partial charge in [0.05, 0.1) is 19.9 Å². The largest absolute Gasteiger partial charge is 0.493 e. The molecule has 2 amide bonds. The summed E-state index contributed by atoms with van der Waals surface area (Å²) >= 11 is 0. The van der Waals surface area contributed by atoms with Gasteiger partial charge in [0.1, 0.15) is 6.17 Å². The van der Waals surface area contributed by atoms with Crippen LogP contribution in [0.1, 0.15) is 38.7 Å². The van der Waals surface area contributed by atoms with E-state index in [4.69, 9.17) is 9.47 Å². The standard InChI is InChI=1S/C28H34N4O5/c1-18(14-23-22-15-25(36-3)26(37-4)16-24(22)30-28(23)35)29-20-8-10-21(11-9-20)32(19(2)34)27(17-33)31-12-6-5-7-13-31/h8-11,14-18,27,29H,5-7,12-13H2,1-4H3,(H,30,35). The van der Waals surface area contributed by atoms with Crippen LogP contribution in [0.25, 0.3) is 5.57 Å². The number of ether oxygens (including phenoxy) is 2. The van der Waals surface area contributed by atoms with Crippen LogP contribution in [0.3, 0.4) is 0 Å². The van der Waals surface area contributed by atoms with Crippen molar-refractivity contribution in [2.24, 2.45) is 0 Å². The van der Waals surface area contributed by atoms with Crippen molar-refractivity contribution in [3.05, 3.63) is 48.0 Å². The second-order valence-corrected chi connectivity index (χ2v) is 9.30. The lowest BCUT2D eigenvalue weighted by Gasteiger charge is -2.38. The number of nitrogens with zero attached hydrogens (tertiary/aromatic N) is 2. The van der Waals surface area contributed by atoms with E-state index in [1.54, 1.807) is 31.3 Å². The Morgan fingerprint density at radius 1 is 1.08 bits per heavy atom. The second-order valence-electron chi connectivity index (χ2n) is 9.30. The van der Waals surface area contributed by atoms with Crippen molar-refractivity contribution in [1.29, 1.82) is 0 Å². The zero-order valence-corrected chi connectivity index (χ0v) is 21.7. The quantitative estimate of drug-likeness (QED) is 0.393. The molecule has 196 valence electrons. The summed E-state index contributed by atoms with van der Waals surface area (Å²) in [5, 5.41) is 6.25. The van der Waals surface area contributed by atoms with Gasteiger partial charge in [0, 0.05) is 54.6 Å². The first-order valence-corrected chi connectivity index (χ1v) is 12.5. The number of hydrogen-bond acceptors (Lipinski definition) is 7. The lowest BCUT2D eigenvalue weighted by atomic mass is 10.0. The van der Waals surface area contributed by atoms with Crippen LogP contribution in [0.2, 0.25) is 0 Å². The summed E-state index contributed by atoms with van der Waals surface area (Å²) in [6.07, 6.45) is 5.29. The Balaban J connectivity index is 1.51. The van der Waals surface area contributed by atoms with Gasteiger partial charge < -0.3 is 20.1 Å². The van der Waals surface area contributed by atoms with E-state index in [-0.39, 0.29) is 17.9 Å². The molecule has 0 bridgehead atoms. The number of likely N-dealkylation sites (tertiary alicyclic amines) is 1. The molecular weight excluding hydrogens is 472 g/mol. The van der Waals surface area contributed by atoms with E-state index in [0.29, 0.717) is 28.4 Å². The number of benzene rings is 2. The predicted molar refractivity (Wildman–Crippen MR) is 144 cm³/mol. The fraction of sp³-hybridized carbons (Fsp3) is 0.393. The third-order valence-corrected chi connectivity index (χ3v) is 6.75. The first-order valence-electron chi connectivity index (χ1n) is 12.5. The number of rotatable bonds is 9. The molecule has 1 fully saturated rings. The van der Waals surface area contributed by atoms with Gasteiger partial charge in [0.15, 0.2) is 17.8 Å². The minimum atomic E-state index is -0.614. The Kier molecular flexibility index (Phi) is 8.13. The number of amides is 2. The van der Waals surface area contributed by atoms with E-state index >= 15 is 0 Å². The van der Waals surface area contributed by atoms with Gasteiger partial charge in [-0.05, 0) is 56.2 Å². The first-order chi connectivity index (χ1) is 17.9. The highest BCUT2D eigenvalue weighted by atomic mass is 16.5. The van der Waals surface area contributed by atoms with Crippen molar-refractivity contribution in [1.82, 2.24) is 4.90 Å². The fourth-order valence-electron chi connectivity index (χ4n) is 4.97. The van der Waals surface area contributed by atoms with E-state index in [9.17, 15) is 14.4 Å². The molecule has 0 radical (unpaired) electrons. The van der Waals surface area contributed by atoms with Crippen LogP contribution in [-0.4, -0.2) is 62.5 Å². The zero-order valence-electron chi connectivity index (χ0n) is 21.7. The number of anilines is 3. The maximum Gasteiger partial charge on any atom is 0.256 e. The molecule has 1 saturated heterocycles. The highest BCUT2D eigenvalue weighted by molar-refractivity contribution is 6.31. The molecular formula is C28H34N4O5. The molecule has 2 aliphatic heterocycles. The lowest BCUT2D eigenvalue weighted by molar-refractivity contribution is -0.122. The van der Waals surface area contributed by atoms with Crippen LogP contribution in [0, 0.1) is 0 Å². The third kappa shape index (κ3) is 5.61. The van der Waals surface area contributed by atoms with Crippen molar-refractivity contribution < 1.29 is 23.9 Å². The van der Waals surface area contributed by atoms with Crippen molar-refractivity contribution in [2.45, 2.75) is 45.3 Å². The summed E-state index contributed by atoms with van der Waals surface area (Å²) in [6.45, 7) is 5.03. The number of hydrogen-bond donors (Lipinski definition) is 2. The number of nitrogens with one attached hydrogen (secondary N) is 2. The van der Waals surface area contributed by atoms with E-state index in [1.807, 2.05) is 37.3 Å². The number of aldehydes is 1. The molecule has 2 aromatic rings. The molecule has 4 rings (SSSR count). The van der Waals surface area contributed by atoms with Crippen molar-refractivity contribution in [3.8, 4) is 11.5 Å². The molecule has 2 heterocycles. The highest BCUT2D eigenvalue weighted by Gasteiger charge is 2.30. The minimum Gasteiger partial charge on any atom is -0.493 e. The molecule has 9 nitrogen and oxygen atoms in total. The molecule has 2 aromatic carbocycles. The summed E-state index contributed by atoms with van der Waals surface area (Å²) in [7, 11) is 3.11. The number of methoxy groups -OCH3 is 2. The topological polar surface area (TPSA) is 100 Å². The Hall–Kier alpha value is -3.85. The Morgan fingerprint density at radius 3 is 2.32 bits per heavy atom. The summed E-state index contributed by atoms with van der Waals surface area (Å²) in [4.78, 5) is 40.8. The Morgan fingerprint density at radius 2 is 1.73 bits per heavy atom. The average molecular weight is 507 g/mol. The maximum atomic E-state index is 12.7. The Bertz CT molecular complexity index is 1190. The van der Waals surface area contributed by atoms with Crippen LogP contribution in [0.15, 0.2) is 42.5 Å². The fourth-order valence-corrected chi connectivity index (χ4v) is 4.97. The highest BCUT2D eigenvalue weighted by Crippen LogP contribution is 2.40. The molecule has 2 unspecified atom stereocenters. The van der Waals surface area contributed by atoms with Gasteiger partial charge in [0.2, 0.25) is 5.91 Å². The van der Waals surface area contributed by atoms with Gasteiger partial charge in [-0.15, -0.1) is 0 Å². The SMILES string of the molecule is COc1cc2c(cc1OC)C(=CC(C)Nc1ccc(N(C(C)=O)C(C=O)N3CCCCC3)cc1)C(=O)N2. The first kappa shape index (κ1) is 26.2. The molecule has 37 heavy (non-hydrogen) atoms. The van der Waals surface area contributed by atoms with Crippen LogP contribution in [0.5, 0.6) is 11.5 Å². The van der Waals surface area contributed by atoms with Gasteiger partial charge in [0.25, 0.3) is 5.91 Å². The normalized spacial score (nSPS) is 17.9. The van der Waals surface area contributed by atoms with Crippen LogP contribution in [-0.2, 0) is 14.4 Å². The number of carbonyl (C=O) groups excluding carboxylic acids is 3. The lowest BCUT2D eigenvalue weighted by Crippen LogP contribution is -2.53. The van der Waals surface area contributed by atoms with Crippen molar-refractivity contribution in [2.75, 3.05) is 42.8 Å². The van der Waals surface area contributed by atoms with Gasteiger partial charge >= 0.3 is 0 Å².